The van der Waals surface area contributed by atoms with Crippen molar-refractivity contribution in [3.05, 3.63) is 65.2 Å². The fraction of sp³-hybridized carbons (Fsp3) is 0.333. The van der Waals surface area contributed by atoms with Gasteiger partial charge < -0.3 is 9.47 Å². The Balaban J connectivity index is 1.19. The van der Waals surface area contributed by atoms with E-state index >= 15 is 0 Å². The number of thioether (sulfide) groups is 1. The molecule has 2 aromatic carbocycles. The molecular formula is C27H28N4O3S. The summed E-state index contributed by atoms with van der Waals surface area (Å²) in [5.74, 6) is 1.61. The zero-order valence-electron chi connectivity index (χ0n) is 19.7. The van der Waals surface area contributed by atoms with Gasteiger partial charge in [-0.05, 0) is 67.4 Å². The summed E-state index contributed by atoms with van der Waals surface area (Å²) in [5, 5.41) is 16.2. The Morgan fingerprint density at radius 1 is 1.00 bits per heavy atom. The highest BCUT2D eigenvalue weighted by atomic mass is 32.2. The number of fused-ring (bicyclic) bond motifs is 1. The average molecular weight is 489 g/mol. The molecule has 2 aliphatic heterocycles. The monoisotopic (exact) mass is 488 g/mol. The first-order chi connectivity index (χ1) is 17.1. The van der Waals surface area contributed by atoms with Crippen molar-refractivity contribution in [3.8, 4) is 11.5 Å². The van der Waals surface area contributed by atoms with Crippen LogP contribution in [-0.4, -0.2) is 40.2 Å². The van der Waals surface area contributed by atoms with Gasteiger partial charge in [-0.1, -0.05) is 49.1 Å². The number of hydrogen-bond acceptors (Lipinski definition) is 6. The van der Waals surface area contributed by atoms with Crippen LogP contribution in [0.15, 0.2) is 64.2 Å². The molecule has 1 saturated carbocycles. The Morgan fingerprint density at radius 3 is 2.29 bits per heavy atom. The maximum Gasteiger partial charge on any atom is 0.283 e. The molecule has 0 bridgehead atoms. The highest BCUT2D eigenvalue weighted by molar-refractivity contribution is 8.27. The smallest absolute Gasteiger partial charge is 0.283 e. The standard InChI is InChI=1S/C27H28N4O3S/c1-18-7-11-21(12-8-18)33-15-16-34-22-13-9-19(10-14-22)17-23-24(28)31-27(29-25(23)32)35-26(30-31)20-5-3-2-4-6-20/h7-14,17,20,28H,2-6,15-16H2,1H3/b23-17-,28-24?. The van der Waals surface area contributed by atoms with Gasteiger partial charge in [0.25, 0.3) is 5.91 Å². The molecule has 0 radical (unpaired) electrons. The molecule has 0 atom stereocenters. The van der Waals surface area contributed by atoms with Crippen LogP contribution in [-0.2, 0) is 4.79 Å². The fourth-order valence-corrected chi connectivity index (χ4v) is 5.36. The molecule has 1 aliphatic carbocycles. The number of hydrogen-bond donors (Lipinski definition) is 1. The van der Waals surface area contributed by atoms with Crippen LogP contribution in [0.1, 0.15) is 43.2 Å². The van der Waals surface area contributed by atoms with Crippen molar-refractivity contribution < 1.29 is 14.3 Å². The van der Waals surface area contributed by atoms with E-state index in [4.69, 9.17) is 14.9 Å². The van der Waals surface area contributed by atoms with E-state index in [1.165, 1.54) is 41.6 Å². The molecule has 35 heavy (non-hydrogen) atoms. The number of benzene rings is 2. The van der Waals surface area contributed by atoms with Crippen LogP contribution in [0, 0.1) is 18.3 Å². The maximum atomic E-state index is 12.7. The van der Waals surface area contributed by atoms with Crippen LogP contribution in [0.2, 0.25) is 0 Å². The summed E-state index contributed by atoms with van der Waals surface area (Å²) in [7, 11) is 0. The van der Waals surface area contributed by atoms with Crippen molar-refractivity contribution in [1.82, 2.24) is 5.01 Å². The average Bonchev–Trinajstić information content (AvgIpc) is 3.31. The largest absolute Gasteiger partial charge is 0.490 e. The fourth-order valence-electron chi connectivity index (χ4n) is 4.30. The third kappa shape index (κ3) is 5.48. The number of aliphatic imine (C=N–C) groups is 1. The number of nitrogens with zero attached hydrogens (tertiary/aromatic N) is 3. The molecular weight excluding hydrogens is 460 g/mol. The van der Waals surface area contributed by atoms with E-state index in [-0.39, 0.29) is 11.4 Å². The first-order valence-corrected chi connectivity index (χ1v) is 12.8. The van der Waals surface area contributed by atoms with Gasteiger partial charge in [0, 0.05) is 5.92 Å². The van der Waals surface area contributed by atoms with Crippen molar-refractivity contribution in [2.24, 2.45) is 16.0 Å². The Bertz CT molecular complexity index is 1200. The molecule has 8 heteroatoms. The molecule has 0 saturated heterocycles. The number of carbonyl (C=O) groups is 1. The Hall–Kier alpha value is -3.39. The lowest BCUT2D eigenvalue weighted by atomic mass is 9.90. The minimum Gasteiger partial charge on any atom is -0.490 e. The molecule has 3 aliphatic rings. The van der Waals surface area contributed by atoms with Crippen LogP contribution in [0.3, 0.4) is 0 Å². The third-order valence-electron chi connectivity index (χ3n) is 6.26. The van der Waals surface area contributed by atoms with E-state index in [1.807, 2.05) is 55.5 Å². The van der Waals surface area contributed by atoms with Crippen molar-refractivity contribution in [1.29, 1.82) is 5.41 Å². The second-order valence-corrected chi connectivity index (χ2v) is 9.86. The number of ether oxygens (including phenoxy) is 2. The molecule has 0 unspecified atom stereocenters. The summed E-state index contributed by atoms with van der Waals surface area (Å²) in [6.45, 7) is 2.90. The van der Waals surface area contributed by atoms with Crippen LogP contribution in [0.5, 0.6) is 11.5 Å². The summed E-state index contributed by atoms with van der Waals surface area (Å²) >= 11 is 1.44. The van der Waals surface area contributed by atoms with Crippen molar-refractivity contribution in [2.75, 3.05) is 13.2 Å². The molecule has 1 fully saturated rings. The number of rotatable bonds is 7. The molecule has 7 nitrogen and oxygen atoms in total. The van der Waals surface area contributed by atoms with Gasteiger partial charge in [0.1, 0.15) is 29.8 Å². The van der Waals surface area contributed by atoms with Gasteiger partial charge in [0.2, 0.25) is 5.17 Å². The first-order valence-electron chi connectivity index (χ1n) is 12.0. The number of nitrogens with one attached hydrogen (secondary N) is 1. The minimum atomic E-state index is -0.401. The first kappa shape index (κ1) is 23.4. The normalized spacial score (nSPS) is 19.5. The van der Waals surface area contributed by atoms with Crippen molar-refractivity contribution in [2.45, 2.75) is 39.0 Å². The predicted molar refractivity (Wildman–Crippen MR) is 140 cm³/mol. The lowest BCUT2D eigenvalue weighted by Gasteiger charge is -2.20. The van der Waals surface area contributed by atoms with Crippen molar-refractivity contribution in [3.63, 3.8) is 0 Å². The Kier molecular flexibility index (Phi) is 6.99. The summed E-state index contributed by atoms with van der Waals surface area (Å²) < 4.78 is 11.4. The summed E-state index contributed by atoms with van der Waals surface area (Å²) in [6.07, 6.45) is 7.60. The minimum absolute atomic E-state index is 0.0758. The lowest BCUT2D eigenvalue weighted by molar-refractivity contribution is -0.114. The van der Waals surface area contributed by atoms with Crippen molar-refractivity contribution >= 4 is 39.8 Å². The maximum absolute atomic E-state index is 12.7. The SMILES string of the molecule is Cc1ccc(OCCOc2ccc(/C=C3/C(=N)N4N=C(C5CCCCC5)SC4=NC3=O)cc2)cc1. The molecule has 1 amide bonds. The second-order valence-electron chi connectivity index (χ2n) is 8.87. The summed E-state index contributed by atoms with van der Waals surface area (Å²) in [6, 6.07) is 15.3. The Morgan fingerprint density at radius 2 is 1.63 bits per heavy atom. The molecule has 5 rings (SSSR count). The van der Waals surface area contributed by atoms with Gasteiger partial charge in [0.15, 0.2) is 5.84 Å². The van der Waals surface area contributed by atoms with E-state index in [1.54, 1.807) is 6.08 Å². The zero-order valence-corrected chi connectivity index (χ0v) is 20.5. The summed E-state index contributed by atoms with van der Waals surface area (Å²) in [5.41, 5.74) is 2.23. The van der Waals surface area contributed by atoms with Gasteiger partial charge in [-0.25, -0.2) is 0 Å². The quantitative estimate of drug-likeness (QED) is 0.402. The summed E-state index contributed by atoms with van der Waals surface area (Å²) in [4.78, 5) is 16.9. The van der Waals surface area contributed by atoms with Gasteiger partial charge in [-0.15, -0.1) is 0 Å². The third-order valence-corrected chi connectivity index (χ3v) is 7.33. The molecule has 180 valence electrons. The molecule has 2 aromatic rings. The Labute approximate surface area is 209 Å². The number of amidine groups is 2. The van der Waals surface area contributed by atoms with Crippen LogP contribution in [0.4, 0.5) is 0 Å². The van der Waals surface area contributed by atoms with Gasteiger partial charge in [0.05, 0.1) is 5.57 Å². The van der Waals surface area contributed by atoms with Crippen LogP contribution in [0.25, 0.3) is 6.08 Å². The van der Waals surface area contributed by atoms with E-state index in [0.717, 1.165) is 29.2 Å². The number of hydrazone groups is 1. The highest BCUT2D eigenvalue weighted by Gasteiger charge is 2.37. The number of carbonyl (C=O) groups excluding carboxylic acids is 1. The zero-order chi connectivity index (χ0) is 24.2. The van der Waals surface area contributed by atoms with E-state index < -0.39 is 5.91 Å². The van der Waals surface area contributed by atoms with E-state index in [2.05, 4.69) is 10.1 Å². The molecule has 1 N–H and O–H groups in total. The molecule has 0 spiro atoms. The molecule has 2 heterocycles. The highest BCUT2D eigenvalue weighted by Crippen LogP contribution is 2.36. The number of amides is 1. The molecule has 0 aromatic heterocycles. The second kappa shape index (κ2) is 10.5. The van der Waals surface area contributed by atoms with Crippen LogP contribution >= 0.6 is 11.8 Å². The predicted octanol–water partition coefficient (Wildman–Crippen LogP) is 5.65. The van der Waals surface area contributed by atoms with E-state index in [9.17, 15) is 4.79 Å². The number of aryl methyl sites for hydroxylation is 1. The topological polar surface area (TPSA) is 87.3 Å². The van der Waals surface area contributed by atoms with Gasteiger partial charge >= 0.3 is 0 Å². The van der Waals surface area contributed by atoms with Gasteiger partial charge in [-0.3, -0.25) is 10.2 Å². The van der Waals surface area contributed by atoms with Crippen LogP contribution < -0.4 is 9.47 Å². The van der Waals surface area contributed by atoms with Gasteiger partial charge in [-0.2, -0.15) is 15.1 Å². The lowest BCUT2D eigenvalue weighted by Crippen LogP contribution is -2.35. The van der Waals surface area contributed by atoms with E-state index in [0.29, 0.717) is 30.0 Å².